The molecule has 17 heteroatoms. The highest BCUT2D eigenvalue weighted by molar-refractivity contribution is 6.06. The van der Waals surface area contributed by atoms with Gasteiger partial charge in [-0.15, -0.1) is 0 Å². The van der Waals surface area contributed by atoms with Gasteiger partial charge in [0.25, 0.3) is 0 Å². The lowest BCUT2D eigenvalue weighted by molar-refractivity contribution is -0.345. The van der Waals surface area contributed by atoms with E-state index in [1.54, 1.807) is 24.3 Å². The van der Waals surface area contributed by atoms with Gasteiger partial charge < -0.3 is 78.4 Å². The van der Waals surface area contributed by atoms with Gasteiger partial charge in [0, 0.05) is 23.6 Å². The molecule has 17 nitrogen and oxygen atoms in total. The molecule has 0 saturated carbocycles. The monoisotopic (exact) mass is 722 g/mol. The Labute approximate surface area is 291 Å². The highest BCUT2D eigenvalue weighted by atomic mass is 16.7. The average molecular weight is 723 g/mol. The molecule has 7 rings (SSSR count). The van der Waals surface area contributed by atoms with Gasteiger partial charge in [-0.25, -0.2) is 0 Å². The highest BCUT2D eigenvalue weighted by Gasteiger charge is 2.52. The Balaban J connectivity index is 1.07. The molecule has 5 heterocycles. The van der Waals surface area contributed by atoms with Gasteiger partial charge in [0.2, 0.25) is 0 Å². The first-order valence-corrected chi connectivity index (χ1v) is 16.6. The van der Waals surface area contributed by atoms with Crippen LogP contribution in [0.1, 0.15) is 34.3 Å². The van der Waals surface area contributed by atoms with Crippen molar-refractivity contribution in [2.75, 3.05) is 40.6 Å². The molecule has 280 valence electrons. The summed E-state index contributed by atoms with van der Waals surface area (Å²) in [6.07, 6.45) is -15.4. The van der Waals surface area contributed by atoms with Crippen LogP contribution in [0.5, 0.6) is 28.7 Å². The summed E-state index contributed by atoms with van der Waals surface area (Å²) in [7, 11) is 3.01. The van der Waals surface area contributed by atoms with E-state index in [9.17, 15) is 40.5 Å². The Bertz CT molecular complexity index is 1620. The van der Waals surface area contributed by atoms with Gasteiger partial charge >= 0.3 is 0 Å². The maximum Gasteiger partial charge on any atom is 0.187 e. The SMILES string of the molecule is COc1cc2c(cc1OC)[C@@H]1C(=O)c3ccc4c(c3O[C@H]1CO2)C[C@H]([C@@](C)(CO)O[C@@H]1O[C@H](CO[C@H]2OC[C@@H](O)[C@@H](O)[C@H]2O)[C@@H](O)[C@H](O)[C@@H]1O)O4. The van der Waals surface area contributed by atoms with Crippen LogP contribution in [0.25, 0.3) is 0 Å². The minimum Gasteiger partial charge on any atom is -0.493 e. The van der Waals surface area contributed by atoms with Gasteiger partial charge in [0.1, 0.15) is 84.4 Å². The van der Waals surface area contributed by atoms with Crippen molar-refractivity contribution in [1.29, 1.82) is 0 Å². The lowest BCUT2D eigenvalue weighted by atomic mass is 9.81. The molecular formula is C34H42O17. The van der Waals surface area contributed by atoms with Crippen molar-refractivity contribution in [3.8, 4) is 28.7 Å². The van der Waals surface area contributed by atoms with E-state index in [-0.39, 0.29) is 25.4 Å². The quantitative estimate of drug-likeness (QED) is 0.150. The van der Waals surface area contributed by atoms with E-state index in [0.29, 0.717) is 45.4 Å². The second-order valence-corrected chi connectivity index (χ2v) is 13.5. The number of carbonyl (C=O) groups is 1. The maximum absolute atomic E-state index is 14.0. The largest absolute Gasteiger partial charge is 0.493 e. The standard InChI is InChI=1S/C34H42O17/c1-34(12-35,51-33-30(42)28(40)27(39)22(50-33)11-47-32-29(41)26(38)16(36)9-46-32)23-7-15-17(48-23)5-4-13-25(37)24-14-6-19(43-2)20(44-3)8-18(14)45-10-21(24)49-31(13)15/h4-6,8,16,21-24,26-30,32-33,35-36,38-42H,7,9-12H2,1-3H3/t16-,21+,22-,23-,24+,26-,27-,28+,29-,30+,32-,33+,34-/m1/s1. The molecule has 0 aromatic heterocycles. The summed E-state index contributed by atoms with van der Waals surface area (Å²) >= 11 is 0. The predicted octanol–water partition coefficient (Wildman–Crippen LogP) is -1.84. The molecule has 7 N–H and O–H groups in total. The van der Waals surface area contributed by atoms with E-state index < -0.39 is 92.2 Å². The van der Waals surface area contributed by atoms with Crippen LogP contribution in [0.15, 0.2) is 24.3 Å². The third-order valence-corrected chi connectivity index (χ3v) is 10.2. The number of fused-ring (bicyclic) bond motifs is 6. The molecule has 2 aromatic rings. The van der Waals surface area contributed by atoms with Gasteiger partial charge in [0.05, 0.1) is 45.5 Å². The molecular weight excluding hydrogens is 680 g/mol. The maximum atomic E-state index is 14.0. The third-order valence-electron chi connectivity index (χ3n) is 10.2. The fraction of sp³-hybridized carbons (Fsp3) is 0.618. The molecule has 0 amide bonds. The predicted molar refractivity (Wildman–Crippen MR) is 168 cm³/mol. The van der Waals surface area contributed by atoms with Crippen LogP contribution < -0.4 is 23.7 Å². The zero-order valence-corrected chi connectivity index (χ0v) is 28.0. The van der Waals surface area contributed by atoms with Crippen LogP contribution in [0.4, 0.5) is 0 Å². The topological polar surface area (TPSA) is 242 Å². The first kappa shape index (κ1) is 36.0. The number of carbonyl (C=O) groups excluding carboxylic acids is 1. The molecule has 13 atom stereocenters. The number of Topliss-reactive ketones (excluding diaryl/α,β-unsaturated/α-hetero) is 1. The minimum atomic E-state index is -1.77. The molecule has 0 spiro atoms. The van der Waals surface area contributed by atoms with E-state index >= 15 is 0 Å². The van der Waals surface area contributed by atoms with E-state index in [1.807, 2.05) is 0 Å². The summed E-state index contributed by atoms with van der Waals surface area (Å²) in [6.45, 7) is 0.171. The van der Waals surface area contributed by atoms with Gasteiger partial charge in [-0.3, -0.25) is 4.79 Å². The summed E-state index contributed by atoms with van der Waals surface area (Å²) in [5, 5.41) is 72.5. The summed E-state index contributed by atoms with van der Waals surface area (Å²) in [5.41, 5.74) is -0.0572. The Kier molecular flexibility index (Phi) is 9.83. The van der Waals surface area contributed by atoms with Crippen LogP contribution in [0, 0.1) is 0 Å². The van der Waals surface area contributed by atoms with Gasteiger partial charge in [-0.1, -0.05) is 0 Å². The van der Waals surface area contributed by atoms with E-state index in [2.05, 4.69) is 0 Å². The van der Waals surface area contributed by atoms with Crippen molar-refractivity contribution in [2.45, 2.75) is 92.4 Å². The fourth-order valence-corrected chi connectivity index (χ4v) is 7.15. The van der Waals surface area contributed by atoms with Crippen LogP contribution in [-0.4, -0.2) is 155 Å². The Morgan fingerprint density at radius 3 is 2.31 bits per heavy atom. The number of aliphatic hydroxyl groups excluding tert-OH is 7. The van der Waals surface area contributed by atoms with Crippen LogP contribution in [0.3, 0.4) is 0 Å². The van der Waals surface area contributed by atoms with Crippen LogP contribution in [-0.2, 0) is 25.4 Å². The van der Waals surface area contributed by atoms with Crippen molar-refractivity contribution in [2.24, 2.45) is 0 Å². The Morgan fingerprint density at radius 2 is 1.59 bits per heavy atom. The van der Waals surface area contributed by atoms with Crippen molar-refractivity contribution in [3.63, 3.8) is 0 Å². The highest BCUT2D eigenvalue weighted by Crippen LogP contribution is 2.50. The van der Waals surface area contributed by atoms with Crippen LogP contribution >= 0.6 is 0 Å². The molecule has 5 aliphatic heterocycles. The Morgan fingerprint density at radius 1 is 0.863 bits per heavy atom. The zero-order valence-electron chi connectivity index (χ0n) is 28.0. The van der Waals surface area contributed by atoms with E-state index in [4.69, 9.17) is 42.6 Å². The van der Waals surface area contributed by atoms with E-state index in [1.165, 1.54) is 21.1 Å². The number of methoxy groups -OCH3 is 2. The molecule has 5 aliphatic rings. The second-order valence-electron chi connectivity index (χ2n) is 13.5. The molecule has 51 heavy (non-hydrogen) atoms. The second kappa shape index (κ2) is 13.9. The number of ketones is 1. The summed E-state index contributed by atoms with van der Waals surface area (Å²) in [4.78, 5) is 14.0. The van der Waals surface area contributed by atoms with Crippen molar-refractivity contribution >= 4 is 5.78 Å². The Hall–Kier alpha value is -3.33. The normalized spacial score (nSPS) is 36.6. The molecule has 0 bridgehead atoms. The third kappa shape index (κ3) is 6.19. The number of benzene rings is 2. The van der Waals surface area contributed by atoms with Gasteiger partial charge in [0.15, 0.2) is 29.9 Å². The fourth-order valence-electron chi connectivity index (χ4n) is 7.15. The number of hydrogen-bond donors (Lipinski definition) is 7. The average Bonchev–Trinajstić information content (AvgIpc) is 3.59. The smallest absolute Gasteiger partial charge is 0.187 e. The summed E-state index contributed by atoms with van der Waals surface area (Å²) < 4.78 is 52.1. The first-order valence-electron chi connectivity index (χ1n) is 16.6. The van der Waals surface area contributed by atoms with E-state index in [0.717, 1.165) is 0 Å². The number of aliphatic hydroxyl groups is 7. The number of rotatable bonds is 9. The summed E-state index contributed by atoms with van der Waals surface area (Å²) in [5.74, 6) is 1.26. The summed E-state index contributed by atoms with van der Waals surface area (Å²) in [6, 6.07) is 6.65. The number of hydrogen-bond acceptors (Lipinski definition) is 17. The zero-order chi connectivity index (χ0) is 36.4. The molecule has 0 aliphatic carbocycles. The molecule has 2 fully saturated rings. The van der Waals surface area contributed by atoms with Crippen LogP contribution in [0.2, 0.25) is 0 Å². The first-order chi connectivity index (χ1) is 24.4. The minimum absolute atomic E-state index is 0.0914. The molecule has 2 aromatic carbocycles. The van der Waals surface area contributed by atoms with Crippen molar-refractivity contribution in [1.82, 2.24) is 0 Å². The molecule has 2 saturated heterocycles. The molecule has 0 unspecified atom stereocenters. The van der Waals surface area contributed by atoms with Gasteiger partial charge in [-0.2, -0.15) is 0 Å². The van der Waals surface area contributed by atoms with Crippen molar-refractivity contribution < 1.29 is 83.2 Å². The van der Waals surface area contributed by atoms with Gasteiger partial charge in [-0.05, 0) is 25.1 Å². The molecule has 0 radical (unpaired) electrons. The lowest BCUT2D eigenvalue weighted by Gasteiger charge is -2.45. The van der Waals surface area contributed by atoms with Crippen molar-refractivity contribution in [3.05, 3.63) is 41.0 Å². The number of ether oxygens (including phenoxy) is 9. The lowest BCUT2D eigenvalue weighted by Crippen LogP contribution is -2.63.